The zero-order chi connectivity index (χ0) is 19.3. The van der Waals surface area contributed by atoms with E-state index in [1.165, 1.54) is 12.1 Å². The number of benzene rings is 1. The zero-order valence-corrected chi connectivity index (χ0v) is 15.8. The SMILES string of the molecule is C[C@H]([NH2+]CC(=O)Nc1cccc(S(=O)(=O)NC2=NCCC2)c1)c1ccco1. The number of hydrogen-bond acceptors (Lipinski definition) is 5. The number of carbonyl (C=O) groups excluding carboxylic acids is 1. The van der Waals surface area contributed by atoms with Crippen molar-refractivity contribution >= 4 is 27.5 Å². The van der Waals surface area contributed by atoms with Crippen molar-refractivity contribution in [2.75, 3.05) is 18.4 Å². The third-order valence-electron chi connectivity index (χ3n) is 4.20. The molecule has 27 heavy (non-hydrogen) atoms. The van der Waals surface area contributed by atoms with Crippen LogP contribution in [-0.4, -0.2) is 33.3 Å². The van der Waals surface area contributed by atoms with E-state index >= 15 is 0 Å². The van der Waals surface area contributed by atoms with Crippen LogP contribution in [0.1, 0.15) is 31.6 Å². The van der Waals surface area contributed by atoms with Gasteiger partial charge in [0, 0.05) is 18.7 Å². The predicted octanol–water partition coefficient (Wildman–Crippen LogP) is 1.01. The average Bonchev–Trinajstić information content (AvgIpc) is 3.33. The van der Waals surface area contributed by atoms with Crippen LogP contribution in [-0.2, 0) is 14.8 Å². The average molecular weight is 391 g/mol. The van der Waals surface area contributed by atoms with Crippen LogP contribution in [0.3, 0.4) is 0 Å². The number of nitrogens with two attached hydrogens (primary N) is 1. The smallest absolute Gasteiger partial charge is 0.279 e. The van der Waals surface area contributed by atoms with E-state index in [1.54, 1.807) is 24.5 Å². The third kappa shape index (κ3) is 5.18. The molecule has 1 aliphatic rings. The van der Waals surface area contributed by atoms with Crippen LogP contribution in [0, 0.1) is 0 Å². The molecule has 1 aromatic heterocycles. The molecule has 1 amide bonds. The zero-order valence-electron chi connectivity index (χ0n) is 15.0. The van der Waals surface area contributed by atoms with Crippen molar-refractivity contribution < 1.29 is 22.9 Å². The molecule has 0 saturated carbocycles. The molecule has 9 heteroatoms. The lowest BCUT2D eigenvalue weighted by Gasteiger charge is -2.11. The highest BCUT2D eigenvalue weighted by Gasteiger charge is 2.19. The summed E-state index contributed by atoms with van der Waals surface area (Å²) in [7, 11) is -3.71. The lowest BCUT2D eigenvalue weighted by molar-refractivity contribution is -0.684. The number of amides is 1. The van der Waals surface area contributed by atoms with Gasteiger partial charge in [0.1, 0.15) is 11.9 Å². The van der Waals surface area contributed by atoms with Crippen LogP contribution in [0.5, 0.6) is 0 Å². The van der Waals surface area contributed by atoms with Crippen LogP contribution in [0.25, 0.3) is 0 Å². The van der Waals surface area contributed by atoms with Gasteiger partial charge in [0.2, 0.25) is 0 Å². The summed E-state index contributed by atoms with van der Waals surface area (Å²) >= 11 is 0. The van der Waals surface area contributed by atoms with Gasteiger partial charge in [-0.15, -0.1) is 0 Å². The second-order valence-electron chi connectivity index (χ2n) is 6.36. The molecule has 3 rings (SSSR count). The maximum atomic E-state index is 12.5. The summed E-state index contributed by atoms with van der Waals surface area (Å²) in [6.07, 6.45) is 3.07. The van der Waals surface area contributed by atoms with E-state index in [-0.39, 0.29) is 23.4 Å². The number of rotatable bonds is 7. The largest absolute Gasteiger partial charge is 0.463 e. The van der Waals surface area contributed by atoms with E-state index in [9.17, 15) is 13.2 Å². The molecule has 0 spiro atoms. The van der Waals surface area contributed by atoms with Gasteiger partial charge in [-0.25, -0.2) is 8.42 Å². The molecule has 1 aromatic carbocycles. The standard InChI is InChI=1S/C18H22N4O4S/c1-13(16-7-4-10-26-16)20-12-18(23)21-14-5-2-6-15(11-14)27(24,25)22-17-8-3-9-19-17/h2,4-7,10-11,13,20H,3,8-9,12H2,1H3,(H,19,22)(H,21,23)/p+1/t13-/m0/s1. The van der Waals surface area contributed by atoms with Crippen LogP contribution in [0.15, 0.2) is 57.0 Å². The Labute approximate surface area is 158 Å². The van der Waals surface area contributed by atoms with Crippen molar-refractivity contribution in [1.82, 2.24) is 4.72 Å². The monoisotopic (exact) mass is 391 g/mol. The molecular weight excluding hydrogens is 368 g/mol. The highest BCUT2D eigenvalue weighted by Crippen LogP contribution is 2.16. The summed E-state index contributed by atoms with van der Waals surface area (Å²) in [6.45, 7) is 2.77. The molecule has 0 aliphatic carbocycles. The normalized spacial score (nSPS) is 15.2. The van der Waals surface area contributed by atoms with E-state index in [1.807, 2.05) is 18.3 Å². The highest BCUT2D eigenvalue weighted by atomic mass is 32.2. The van der Waals surface area contributed by atoms with Gasteiger partial charge in [-0.1, -0.05) is 6.07 Å². The Morgan fingerprint density at radius 1 is 1.33 bits per heavy atom. The van der Waals surface area contributed by atoms with Gasteiger partial charge in [0.05, 0.1) is 11.2 Å². The van der Waals surface area contributed by atoms with E-state index in [0.29, 0.717) is 24.5 Å². The molecule has 0 fully saturated rings. The van der Waals surface area contributed by atoms with Crippen molar-refractivity contribution in [3.63, 3.8) is 0 Å². The van der Waals surface area contributed by atoms with Crippen molar-refractivity contribution in [3.05, 3.63) is 48.4 Å². The summed E-state index contributed by atoms with van der Waals surface area (Å²) in [5, 5.41) is 4.57. The molecule has 0 bridgehead atoms. The molecule has 1 aliphatic heterocycles. The Kier molecular flexibility index (Phi) is 5.92. The Morgan fingerprint density at radius 3 is 2.89 bits per heavy atom. The Bertz CT molecular complexity index is 923. The Hall–Kier alpha value is -2.65. The lowest BCUT2D eigenvalue weighted by atomic mass is 10.2. The molecule has 8 nitrogen and oxygen atoms in total. The van der Waals surface area contributed by atoms with Gasteiger partial charge >= 0.3 is 0 Å². The summed E-state index contributed by atoms with van der Waals surface area (Å²) in [5.74, 6) is 1.04. The summed E-state index contributed by atoms with van der Waals surface area (Å²) in [6, 6.07) is 9.83. The fourth-order valence-corrected chi connectivity index (χ4v) is 3.87. The molecule has 144 valence electrons. The molecule has 0 unspecified atom stereocenters. The minimum atomic E-state index is -3.71. The number of sulfonamides is 1. The fourth-order valence-electron chi connectivity index (χ4n) is 2.74. The van der Waals surface area contributed by atoms with E-state index in [4.69, 9.17) is 4.42 Å². The van der Waals surface area contributed by atoms with Gasteiger partial charge < -0.3 is 15.1 Å². The van der Waals surface area contributed by atoms with Crippen LogP contribution in [0.4, 0.5) is 5.69 Å². The second kappa shape index (κ2) is 8.36. The van der Waals surface area contributed by atoms with Crippen molar-refractivity contribution in [1.29, 1.82) is 0 Å². The van der Waals surface area contributed by atoms with Crippen molar-refractivity contribution in [3.8, 4) is 0 Å². The fraction of sp³-hybridized carbons (Fsp3) is 0.333. The number of amidine groups is 1. The van der Waals surface area contributed by atoms with Gasteiger partial charge in [-0.2, -0.15) is 0 Å². The summed E-state index contributed by atoms with van der Waals surface area (Å²) < 4.78 is 32.7. The first-order valence-electron chi connectivity index (χ1n) is 8.77. The Balaban J connectivity index is 1.59. The van der Waals surface area contributed by atoms with E-state index in [0.717, 1.165) is 12.2 Å². The second-order valence-corrected chi connectivity index (χ2v) is 8.04. The summed E-state index contributed by atoms with van der Waals surface area (Å²) in [5.41, 5.74) is 0.426. The number of anilines is 1. The maximum absolute atomic E-state index is 12.5. The number of nitrogens with one attached hydrogen (secondary N) is 2. The number of aliphatic imine (C=N–C) groups is 1. The van der Waals surface area contributed by atoms with Gasteiger partial charge in [-0.05, 0) is 43.7 Å². The number of furan rings is 1. The van der Waals surface area contributed by atoms with Crippen molar-refractivity contribution in [2.45, 2.75) is 30.7 Å². The first kappa shape index (κ1) is 19.1. The first-order chi connectivity index (χ1) is 12.9. The summed E-state index contributed by atoms with van der Waals surface area (Å²) in [4.78, 5) is 16.4. The molecular formula is C18H23N4O4S+. The van der Waals surface area contributed by atoms with Crippen LogP contribution < -0.4 is 15.4 Å². The molecule has 2 aromatic rings. The lowest BCUT2D eigenvalue weighted by Crippen LogP contribution is -2.86. The minimum Gasteiger partial charge on any atom is -0.463 e. The number of hydrogen-bond donors (Lipinski definition) is 3. The third-order valence-corrected chi connectivity index (χ3v) is 5.58. The van der Waals surface area contributed by atoms with Crippen LogP contribution in [0.2, 0.25) is 0 Å². The quantitative estimate of drug-likeness (QED) is 0.653. The topological polar surface area (TPSA) is 117 Å². The maximum Gasteiger partial charge on any atom is 0.279 e. The van der Waals surface area contributed by atoms with E-state index < -0.39 is 10.0 Å². The van der Waals surface area contributed by atoms with Gasteiger partial charge in [0.15, 0.2) is 12.3 Å². The number of nitrogens with zero attached hydrogens (tertiary/aromatic N) is 1. The molecule has 0 saturated heterocycles. The molecule has 2 heterocycles. The first-order valence-corrected chi connectivity index (χ1v) is 10.2. The number of quaternary nitrogens is 1. The van der Waals surface area contributed by atoms with E-state index in [2.05, 4.69) is 15.0 Å². The molecule has 0 radical (unpaired) electrons. The molecule has 1 atom stereocenters. The van der Waals surface area contributed by atoms with Gasteiger partial charge in [-0.3, -0.25) is 14.5 Å². The van der Waals surface area contributed by atoms with Crippen molar-refractivity contribution in [2.24, 2.45) is 4.99 Å². The molecule has 4 N–H and O–H groups in total. The van der Waals surface area contributed by atoms with Gasteiger partial charge in [0.25, 0.3) is 15.9 Å². The highest BCUT2D eigenvalue weighted by molar-refractivity contribution is 7.90. The minimum absolute atomic E-state index is 0.00819. The Morgan fingerprint density at radius 2 is 2.19 bits per heavy atom. The number of carbonyl (C=O) groups is 1. The predicted molar refractivity (Wildman–Crippen MR) is 101 cm³/mol. The van der Waals surface area contributed by atoms with Crippen LogP contribution >= 0.6 is 0 Å².